The second-order valence-corrected chi connectivity index (χ2v) is 11.1. The number of Topliss-reactive ketones (excluding diaryl/α,β-unsaturated/α-hetero) is 1. The number of ketones is 1. The summed E-state index contributed by atoms with van der Waals surface area (Å²) in [7, 11) is 0. The molecule has 9 unspecified atom stereocenters. The van der Waals surface area contributed by atoms with Crippen molar-refractivity contribution in [1.29, 1.82) is 0 Å². The Morgan fingerprint density at radius 2 is 1.87 bits per heavy atom. The number of amides is 1. The first-order valence-corrected chi connectivity index (χ1v) is 13.5. The number of rotatable bonds is 10. The van der Waals surface area contributed by atoms with Crippen LogP contribution in [0.25, 0.3) is 0 Å². The maximum atomic E-state index is 12.3. The van der Waals surface area contributed by atoms with E-state index in [1.807, 2.05) is 26.0 Å². The smallest absolute Gasteiger partial charge is 0.303 e. The van der Waals surface area contributed by atoms with Gasteiger partial charge in [-0.1, -0.05) is 30.7 Å². The van der Waals surface area contributed by atoms with Crippen LogP contribution in [-0.4, -0.2) is 77.6 Å². The molecule has 3 saturated heterocycles. The Balaban J connectivity index is 1.49. The predicted molar refractivity (Wildman–Crippen MR) is 141 cm³/mol. The van der Waals surface area contributed by atoms with Gasteiger partial charge in [0.2, 0.25) is 5.91 Å². The van der Waals surface area contributed by atoms with Gasteiger partial charge in [0.25, 0.3) is 0 Å². The van der Waals surface area contributed by atoms with Crippen molar-refractivity contribution in [3.05, 3.63) is 36.0 Å². The Kier molecular flexibility index (Phi) is 10.5. The van der Waals surface area contributed by atoms with Gasteiger partial charge in [-0.15, -0.1) is 0 Å². The summed E-state index contributed by atoms with van der Waals surface area (Å²) >= 11 is 0. The molecule has 2 N–H and O–H groups in total. The lowest BCUT2D eigenvalue weighted by atomic mass is 9.87. The molecule has 3 rings (SSSR count). The molecule has 0 aromatic heterocycles. The van der Waals surface area contributed by atoms with Crippen molar-refractivity contribution in [2.45, 2.75) is 115 Å². The lowest BCUT2D eigenvalue weighted by molar-refractivity contribution is -0.144. The fourth-order valence-electron chi connectivity index (χ4n) is 5.21. The fraction of sp³-hybridized carbons (Fsp3) is 0.690. The standard InChI is InChI=1S/C29H43NO8/c1-17(8-11-26-28(34)29(16-35-29)15-23(38-26)14-19(3)31)7-10-25-18(2)13-24(21(5)37-25)30-27(33)12-9-20(4)36-22(6)32/h7-9,11-12,18,20-21,23-26,28,34H,10,13-16H2,1-6H3,(H,30,33). The molecule has 1 amide bonds. The van der Waals surface area contributed by atoms with Gasteiger partial charge in [0.1, 0.15) is 29.7 Å². The van der Waals surface area contributed by atoms with Gasteiger partial charge in [-0.3, -0.25) is 14.4 Å². The number of aliphatic hydroxyl groups is 1. The number of nitrogens with one attached hydrogen (secondary N) is 1. The second kappa shape index (κ2) is 13.2. The van der Waals surface area contributed by atoms with Gasteiger partial charge in [-0.25, -0.2) is 0 Å². The Morgan fingerprint density at radius 3 is 2.50 bits per heavy atom. The van der Waals surface area contributed by atoms with E-state index >= 15 is 0 Å². The highest BCUT2D eigenvalue weighted by Crippen LogP contribution is 2.43. The van der Waals surface area contributed by atoms with Gasteiger partial charge in [0, 0.05) is 25.8 Å². The first-order chi connectivity index (χ1) is 17.9. The lowest BCUT2D eigenvalue weighted by Crippen LogP contribution is -2.50. The van der Waals surface area contributed by atoms with E-state index in [-0.39, 0.29) is 42.0 Å². The summed E-state index contributed by atoms with van der Waals surface area (Å²) in [6.45, 7) is 11.1. The molecule has 9 nitrogen and oxygen atoms in total. The fourth-order valence-corrected chi connectivity index (χ4v) is 5.21. The second-order valence-electron chi connectivity index (χ2n) is 11.1. The maximum absolute atomic E-state index is 12.3. The molecular formula is C29H43NO8. The largest absolute Gasteiger partial charge is 0.459 e. The highest BCUT2D eigenvalue weighted by Gasteiger charge is 2.58. The van der Waals surface area contributed by atoms with Crippen LogP contribution in [-0.2, 0) is 33.3 Å². The van der Waals surface area contributed by atoms with E-state index in [0.717, 1.165) is 18.4 Å². The molecule has 0 saturated carbocycles. The zero-order valence-electron chi connectivity index (χ0n) is 23.3. The topological polar surface area (TPSA) is 124 Å². The van der Waals surface area contributed by atoms with Gasteiger partial charge in [-0.05, 0) is 52.5 Å². The third-order valence-corrected chi connectivity index (χ3v) is 7.44. The first-order valence-electron chi connectivity index (χ1n) is 13.5. The van der Waals surface area contributed by atoms with Crippen molar-refractivity contribution in [3.8, 4) is 0 Å². The SMILES string of the molecule is CC(=O)CC1CC2(CO2)C(O)C(C=CC(C)=CCC2OC(C)C(NC(=O)C=CC(C)OC(C)=O)CC2C)O1. The van der Waals surface area contributed by atoms with E-state index in [1.165, 1.54) is 13.0 Å². The van der Waals surface area contributed by atoms with Crippen LogP contribution in [0.5, 0.6) is 0 Å². The zero-order valence-corrected chi connectivity index (χ0v) is 23.3. The van der Waals surface area contributed by atoms with Crippen molar-refractivity contribution in [1.82, 2.24) is 5.32 Å². The number of ether oxygens (including phenoxy) is 4. The molecule has 38 heavy (non-hydrogen) atoms. The van der Waals surface area contributed by atoms with E-state index in [4.69, 9.17) is 18.9 Å². The number of carbonyl (C=O) groups excluding carboxylic acids is 3. The van der Waals surface area contributed by atoms with E-state index in [1.54, 1.807) is 19.9 Å². The monoisotopic (exact) mass is 533 g/mol. The summed E-state index contributed by atoms with van der Waals surface area (Å²) in [4.78, 5) is 34.9. The quantitative estimate of drug-likeness (QED) is 0.190. The normalized spacial score (nSPS) is 36.4. The summed E-state index contributed by atoms with van der Waals surface area (Å²) in [6, 6.07) is -0.114. The number of epoxide rings is 1. The molecule has 1 spiro atoms. The molecule has 0 aliphatic carbocycles. The van der Waals surface area contributed by atoms with Crippen LogP contribution < -0.4 is 5.32 Å². The summed E-state index contributed by atoms with van der Waals surface area (Å²) in [5.41, 5.74) is 0.431. The molecule has 212 valence electrons. The Morgan fingerprint density at radius 1 is 1.16 bits per heavy atom. The highest BCUT2D eigenvalue weighted by atomic mass is 16.6. The molecule has 0 radical (unpaired) electrons. The Hall–Kier alpha value is -2.33. The minimum absolute atomic E-state index is 0.0145. The average Bonchev–Trinajstić information content (AvgIpc) is 3.59. The first kappa shape index (κ1) is 30.2. The molecule has 0 bridgehead atoms. The Bertz CT molecular complexity index is 952. The van der Waals surface area contributed by atoms with Crippen molar-refractivity contribution in [2.75, 3.05) is 6.61 Å². The van der Waals surface area contributed by atoms with Crippen LogP contribution in [0, 0.1) is 5.92 Å². The van der Waals surface area contributed by atoms with Crippen molar-refractivity contribution in [2.24, 2.45) is 5.92 Å². The van der Waals surface area contributed by atoms with Crippen LogP contribution in [0.4, 0.5) is 0 Å². The predicted octanol–water partition coefficient (Wildman–Crippen LogP) is 2.95. The average molecular weight is 534 g/mol. The molecule has 0 aromatic carbocycles. The van der Waals surface area contributed by atoms with Gasteiger partial charge in [0.05, 0.1) is 31.0 Å². The van der Waals surface area contributed by atoms with Crippen LogP contribution in [0.3, 0.4) is 0 Å². The van der Waals surface area contributed by atoms with Crippen LogP contribution in [0.1, 0.15) is 67.2 Å². The molecule has 3 fully saturated rings. The van der Waals surface area contributed by atoms with Gasteiger partial charge < -0.3 is 29.4 Å². The molecule has 9 atom stereocenters. The van der Waals surface area contributed by atoms with Crippen LogP contribution >= 0.6 is 0 Å². The van der Waals surface area contributed by atoms with Crippen LogP contribution in [0.15, 0.2) is 36.0 Å². The zero-order chi connectivity index (χ0) is 28.0. The summed E-state index contributed by atoms with van der Waals surface area (Å²) in [5, 5.41) is 13.7. The van der Waals surface area contributed by atoms with E-state index in [0.29, 0.717) is 19.4 Å². The summed E-state index contributed by atoms with van der Waals surface area (Å²) < 4.78 is 22.8. The van der Waals surface area contributed by atoms with Crippen molar-refractivity contribution in [3.63, 3.8) is 0 Å². The molecule has 0 aromatic rings. The Labute approximate surface area is 225 Å². The van der Waals surface area contributed by atoms with Crippen molar-refractivity contribution < 1.29 is 38.4 Å². The molecule has 9 heteroatoms. The van der Waals surface area contributed by atoms with Gasteiger partial charge in [-0.2, -0.15) is 0 Å². The maximum Gasteiger partial charge on any atom is 0.303 e. The summed E-state index contributed by atoms with van der Waals surface area (Å²) in [5.74, 6) is -0.344. The summed E-state index contributed by atoms with van der Waals surface area (Å²) in [6.07, 6.45) is 9.04. The van der Waals surface area contributed by atoms with Crippen molar-refractivity contribution >= 4 is 17.7 Å². The minimum atomic E-state index is -0.760. The third-order valence-electron chi connectivity index (χ3n) is 7.44. The number of allylic oxidation sites excluding steroid dienone is 2. The van der Waals surface area contributed by atoms with E-state index in [9.17, 15) is 19.5 Å². The number of esters is 1. The number of hydrogen-bond donors (Lipinski definition) is 2. The van der Waals surface area contributed by atoms with E-state index in [2.05, 4.69) is 18.3 Å². The minimum Gasteiger partial charge on any atom is -0.459 e. The molecule has 3 aliphatic heterocycles. The van der Waals surface area contributed by atoms with E-state index < -0.39 is 29.9 Å². The molecule has 3 heterocycles. The third kappa shape index (κ3) is 8.59. The molecular weight excluding hydrogens is 490 g/mol. The van der Waals surface area contributed by atoms with Crippen LogP contribution in [0.2, 0.25) is 0 Å². The number of hydrogen-bond acceptors (Lipinski definition) is 8. The number of carbonyl (C=O) groups is 3. The molecule has 3 aliphatic rings. The highest BCUT2D eigenvalue weighted by molar-refractivity contribution is 5.87. The van der Waals surface area contributed by atoms with Gasteiger partial charge in [0.15, 0.2) is 0 Å². The van der Waals surface area contributed by atoms with Gasteiger partial charge >= 0.3 is 5.97 Å². The number of aliphatic hydroxyl groups excluding tert-OH is 1. The lowest BCUT2D eigenvalue weighted by Gasteiger charge is -2.39.